The zero-order valence-corrected chi connectivity index (χ0v) is 14.3. The number of H-pyrrole nitrogens is 1. The highest BCUT2D eigenvalue weighted by Gasteiger charge is 2.16. The van der Waals surface area contributed by atoms with E-state index in [1.807, 2.05) is 19.0 Å². The molecule has 2 N–H and O–H groups in total. The minimum absolute atomic E-state index is 0.0227. The van der Waals surface area contributed by atoms with Gasteiger partial charge in [-0.2, -0.15) is 0 Å². The molecule has 0 fully saturated rings. The molecular formula is C16H15N3O5S. The van der Waals surface area contributed by atoms with Crippen LogP contribution in [0.15, 0.2) is 61.4 Å². The molecule has 3 rings (SSSR count). The number of fused-ring (bicyclic) bond motifs is 1. The van der Waals surface area contributed by atoms with E-state index in [-0.39, 0.29) is 15.8 Å². The Labute approximate surface area is 142 Å². The van der Waals surface area contributed by atoms with Gasteiger partial charge >= 0.3 is 11.4 Å². The van der Waals surface area contributed by atoms with Gasteiger partial charge in [-0.1, -0.05) is 0 Å². The Kier molecular flexibility index (Phi) is 4.09. The van der Waals surface area contributed by atoms with Gasteiger partial charge in [-0.15, -0.1) is 0 Å². The highest BCUT2D eigenvalue weighted by molar-refractivity contribution is 7.92. The van der Waals surface area contributed by atoms with Gasteiger partial charge in [0.05, 0.1) is 15.8 Å². The van der Waals surface area contributed by atoms with E-state index < -0.39 is 21.4 Å². The largest absolute Gasteiger partial charge is 0.419 e. The minimum Gasteiger partial charge on any atom is -0.378 e. The molecule has 0 aliphatic carbocycles. The number of hydrogen-bond acceptors (Lipinski definition) is 6. The molecule has 0 unspecified atom stereocenters. The van der Waals surface area contributed by atoms with Gasteiger partial charge in [0, 0.05) is 25.5 Å². The molecule has 8 nitrogen and oxygen atoms in total. The van der Waals surface area contributed by atoms with E-state index in [0.717, 1.165) is 11.8 Å². The van der Waals surface area contributed by atoms with Crippen LogP contribution in [0.5, 0.6) is 0 Å². The summed E-state index contributed by atoms with van der Waals surface area (Å²) in [5.41, 5.74) is 0.621. The summed E-state index contributed by atoms with van der Waals surface area (Å²) in [5, 5.41) is -0.0227. The van der Waals surface area contributed by atoms with E-state index >= 15 is 0 Å². The molecule has 0 aliphatic heterocycles. The van der Waals surface area contributed by atoms with Crippen molar-refractivity contribution in [3.05, 3.63) is 63.4 Å². The molecule has 0 aliphatic rings. The van der Waals surface area contributed by atoms with E-state index in [9.17, 15) is 18.0 Å². The Balaban J connectivity index is 1.98. The molecule has 2 aromatic carbocycles. The molecule has 25 heavy (non-hydrogen) atoms. The molecule has 0 amide bonds. The normalized spacial score (nSPS) is 11.4. The van der Waals surface area contributed by atoms with Gasteiger partial charge in [-0.05, 0) is 42.5 Å². The van der Waals surface area contributed by atoms with Gasteiger partial charge in [0.15, 0.2) is 0 Å². The average Bonchev–Trinajstić information content (AvgIpc) is 2.54. The first-order chi connectivity index (χ1) is 11.8. The maximum Gasteiger partial charge on any atom is 0.419 e. The smallest absolute Gasteiger partial charge is 0.378 e. The first-order valence-corrected chi connectivity index (χ1v) is 8.72. The van der Waals surface area contributed by atoms with Gasteiger partial charge in [-0.3, -0.25) is 9.71 Å². The first-order valence-electron chi connectivity index (χ1n) is 7.24. The SMILES string of the molecule is CN(C)c1ccc(NS(=O)(=O)c2ccc3[nH]c(=O)oc(=O)c3c2)cc1. The molecule has 0 bridgehead atoms. The highest BCUT2D eigenvalue weighted by atomic mass is 32.2. The molecule has 0 saturated heterocycles. The fourth-order valence-electron chi connectivity index (χ4n) is 2.28. The molecule has 0 saturated carbocycles. The molecule has 1 heterocycles. The maximum atomic E-state index is 12.5. The van der Waals surface area contributed by atoms with Crippen LogP contribution in [0, 0.1) is 0 Å². The molecule has 130 valence electrons. The van der Waals surface area contributed by atoms with Crippen LogP contribution in [0.4, 0.5) is 11.4 Å². The monoisotopic (exact) mass is 361 g/mol. The summed E-state index contributed by atoms with van der Waals surface area (Å²) < 4.78 is 31.9. The molecule has 0 spiro atoms. The van der Waals surface area contributed by atoms with Gasteiger partial charge in [-0.25, -0.2) is 18.0 Å². The Bertz CT molecular complexity index is 1140. The van der Waals surface area contributed by atoms with Crippen molar-refractivity contribution >= 4 is 32.3 Å². The number of rotatable bonds is 4. The lowest BCUT2D eigenvalue weighted by molar-refractivity contribution is 0.460. The second-order valence-electron chi connectivity index (χ2n) is 5.56. The van der Waals surface area contributed by atoms with Crippen molar-refractivity contribution in [1.29, 1.82) is 0 Å². The summed E-state index contributed by atoms with van der Waals surface area (Å²) >= 11 is 0. The van der Waals surface area contributed by atoms with Crippen LogP contribution < -0.4 is 21.0 Å². The summed E-state index contributed by atoms with van der Waals surface area (Å²) in [5.74, 6) is -0.896. The minimum atomic E-state index is -3.90. The summed E-state index contributed by atoms with van der Waals surface area (Å²) in [7, 11) is -0.143. The molecule has 3 aromatic rings. The quantitative estimate of drug-likeness (QED) is 0.725. The molecule has 0 atom stereocenters. The third-order valence-corrected chi connectivity index (χ3v) is 4.96. The van der Waals surface area contributed by atoms with E-state index in [2.05, 4.69) is 14.1 Å². The Morgan fingerprint density at radius 3 is 2.36 bits per heavy atom. The van der Waals surface area contributed by atoms with Crippen LogP contribution in [0.25, 0.3) is 10.9 Å². The van der Waals surface area contributed by atoms with Crippen LogP contribution in [-0.4, -0.2) is 27.5 Å². The predicted octanol–water partition coefficient (Wildman–Crippen LogP) is 1.35. The van der Waals surface area contributed by atoms with E-state index in [0.29, 0.717) is 5.69 Å². The topological polar surface area (TPSA) is 112 Å². The van der Waals surface area contributed by atoms with Crippen LogP contribution in [-0.2, 0) is 10.0 Å². The van der Waals surface area contributed by atoms with E-state index in [1.165, 1.54) is 12.1 Å². The Hall–Kier alpha value is -3.07. The van der Waals surface area contributed by atoms with Crippen molar-refractivity contribution in [3.8, 4) is 0 Å². The number of aromatic nitrogens is 1. The standard InChI is InChI=1S/C16H15N3O5S/c1-19(2)11-5-3-10(4-6-11)18-25(22,23)12-7-8-14-13(9-12)15(20)24-16(21)17-14/h3-9,18H,1-2H3,(H,17,21). The van der Waals surface area contributed by atoms with Crippen LogP contribution >= 0.6 is 0 Å². The molecule has 1 aromatic heterocycles. The van der Waals surface area contributed by atoms with E-state index in [1.54, 1.807) is 24.3 Å². The zero-order chi connectivity index (χ0) is 18.2. The summed E-state index contributed by atoms with van der Waals surface area (Å²) in [6.07, 6.45) is 0. The zero-order valence-electron chi connectivity index (χ0n) is 13.4. The number of nitrogens with zero attached hydrogens (tertiary/aromatic N) is 1. The Morgan fingerprint density at radius 1 is 1.04 bits per heavy atom. The molecule has 0 radical (unpaired) electrons. The Morgan fingerprint density at radius 2 is 1.72 bits per heavy atom. The van der Waals surface area contributed by atoms with Crippen molar-refractivity contribution in [2.75, 3.05) is 23.7 Å². The highest BCUT2D eigenvalue weighted by Crippen LogP contribution is 2.20. The maximum absolute atomic E-state index is 12.5. The fourth-order valence-corrected chi connectivity index (χ4v) is 3.37. The first kappa shape index (κ1) is 16.8. The van der Waals surface area contributed by atoms with Crippen LogP contribution in [0.3, 0.4) is 0 Å². The number of sulfonamides is 1. The van der Waals surface area contributed by atoms with Gasteiger partial charge in [0.2, 0.25) is 0 Å². The number of benzene rings is 2. The van der Waals surface area contributed by atoms with Crippen molar-refractivity contribution < 1.29 is 12.8 Å². The molecular weight excluding hydrogens is 346 g/mol. The lowest BCUT2D eigenvalue weighted by Gasteiger charge is -2.13. The predicted molar refractivity (Wildman–Crippen MR) is 94.7 cm³/mol. The second-order valence-corrected chi connectivity index (χ2v) is 7.24. The van der Waals surface area contributed by atoms with Crippen molar-refractivity contribution in [2.45, 2.75) is 4.90 Å². The summed E-state index contributed by atoms with van der Waals surface area (Å²) in [4.78, 5) is 27.0. The third kappa shape index (κ3) is 3.41. The number of aromatic amines is 1. The lowest BCUT2D eigenvalue weighted by atomic mass is 10.2. The van der Waals surface area contributed by atoms with Crippen molar-refractivity contribution in [1.82, 2.24) is 4.98 Å². The molecule has 9 heteroatoms. The van der Waals surface area contributed by atoms with Gasteiger partial charge in [0.1, 0.15) is 0 Å². The fraction of sp³-hybridized carbons (Fsp3) is 0.125. The number of nitrogens with one attached hydrogen (secondary N) is 2. The van der Waals surface area contributed by atoms with Crippen LogP contribution in [0.2, 0.25) is 0 Å². The number of anilines is 2. The van der Waals surface area contributed by atoms with Crippen molar-refractivity contribution in [3.63, 3.8) is 0 Å². The third-order valence-electron chi connectivity index (χ3n) is 3.58. The van der Waals surface area contributed by atoms with Gasteiger partial charge < -0.3 is 9.32 Å². The van der Waals surface area contributed by atoms with E-state index in [4.69, 9.17) is 0 Å². The van der Waals surface area contributed by atoms with Gasteiger partial charge in [0.25, 0.3) is 10.0 Å². The second kappa shape index (κ2) is 6.10. The lowest BCUT2D eigenvalue weighted by Crippen LogP contribution is -2.17. The average molecular weight is 361 g/mol. The summed E-state index contributed by atoms with van der Waals surface area (Å²) in [6.45, 7) is 0. The summed E-state index contributed by atoms with van der Waals surface area (Å²) in [6, 6.07) is 10.6. The van der Waals surface area contributed by atoms with Crippen molar-refractivity contribution in [2.24, 2.45) is 0 Å². The number of hydrogen-bond donors (Lipinski definition) is 2. The van der Waals surface area contributed by atoms with Crippen LogP contribution in [0.1, 0.15) is 0 Å².